The van der Waals surface area contributed by atoms with Crippen LogP contribution in [0.4, 0.5) is 0 Å². The van der Waals surface area contributed by atoms with E-state index in [0.29, 0.717) is 10.7 Å². The van der Waals surface area contributed by atoms with E-state index in [1.807, 2.05) is 18.2 Å². The first-order chi connectivity index (χ1) is 8.15. The minimum atomic E-state index is -0.884. The van der Waals surface area contributed by atoms with Crippen LogP contribution in [0.25, 0.3) is 11.3 Å². The Hall–Kier alpha value is -1.87. The monoisotopic (exact) mass is 247 g/mol. The fourth-order valence-electron chi connectivity index (χ4n) is 1.51. The lowest BCUT2D eigenvalue weighted by atomic mass is 10.1. The first kappa shape index (κ1) is 11.6. The van der Waals surface area contributed by atoms with Crippen LogP contribution in [0.1, 0.15) is 5.69 Å². The second-order valence-electron chi connectivity index (χ2n) is 3.59. The highest BCUT2D eigenvalue weighted by Gasteiger charge is 2.04. The van der Waals surface area contributed by atoms with Gasteiger partial charge in [-0.3, -0.25) is 9.78 Å². The van der Waals surface area contributed by atoms with Crippen LogP contribution in [-0.2, 0) is 11.2 Å². The Bertz CT molecular complexity index is 537. The number of halogens is 1. The lowest BCUT2D eigenvalue weighted by Crippen LogP contribution is -2.02. The first-order valence-electron chi connectivity index (χ1n) is 5.09. The fourth-order valence-corrected chi connectivity index (χ4v) is 1.64. The van der Waals surface area contributed by atoms with Crippen molar-refractivity contribution in [2.75, 3.05) is 0 Å². The number of rotatable bonds is 3. The van der Waals surface area contributed by atoms with Crippen LogP contribution in [0.2, 0.25) is 5.02 Å². The number of carboxylic acids is 1. The fraction of sp³-hybridized carbons (Fsp3) is 0.0769. The number of hydrogen-bond donors (Lipinski definition) is 1. The SMILES string of the molecule is O=C(O)Cc1cccc(-c2ccc(Cl)cc2)n1. The quantitative estimate of drug-likeness (QED) is 0.907. The van der Waals surface area contributed by atoms with Gasteiger partial charge in [-0.2, -0.15) is 0 Å². The Morgan fingerprint density at radius 1 is 1.18 bits per heavy atom. The lowest BCUT2D eigenvalue weighted by Gasteiger charge is -2.03. The van der Waals surface area contributed by atoms with Crippen molar-refractivity contribution in [3.05, 3.63) is 53.2 Å². The zero-order valence-electron chi connectivity index (χ0n) is 8.93. The summed E-state index contributed by atoms with van der Waals surface area (Å²) in [5.41, 5.74) is 2.21. The summed E-state index contributed by atoms with van der Waals surface area (Å²) in [5, 5.41) is 9.37. The van der Waals surface area contributed by atoms with Crippen LogP contribution < -0.4 is 0 Å². The number of benzene rings is 1. The highest BCUT2D eigenvalue weighted by molar-refractivity contribution is 6.30. The molecule has 0 amide bonds. The molecule has 0 saturated carbocycles. The highest BCUT2D eigenvalue weighted by Crippen LogP contribution is 2.19. The van der Waals surface area contributed by atoms with Gasteiger partial charge in [-0.15, -0.1) is 0 Å². The Labute approximate surface area is 104 Å². The third-order valence-corrected chi connectivity index (χ3v) is 2.53. The van der Waals surface area contributed by atoms with E-state index in [1.165, 1.54) is 0 Å². The van der Waals surface area contributed by atoms with Crippen molar-refractivity contribution in [2.45, 2.75) is 6.42 Å². The minimum Gasteiger partial charge on any atom is -0.481 e. The van der Waals surface area contributed by atoms with Gasteiger partial charge in [0.25, 0.3) is 0 Å². The molecule has 2 rings (SSSR count). The van der Waals surface area contributed by atoms with Gasteiger partial charge in [0.15, 0.2) is 0 Å². The predicted molar refractivity (Wildman–Crippen MR) is 66.0 cm³/mol. The van der Waals surface area contributed by atoms with Gasteiger partial charge in [0.2, 0.25) is 0 Å². The summed E-state index contributed by atoms with van der Waals surface area (Å²) in [5.74, 6) is -0.884. The number of carboxylic acid groups (broad SMARTS) is 1. The van der Waals surface area contributed by atoms with Crippen LogP contribution in [0.15, 0.2) is 42.5 Å². The summed E-state index contributed by atoms with van der Waals surface area (Å²) >= 11 is 5.80. The maximum Gasteiger partial charge on any atom is 0.309 e. The Kier molecular flexibility index (Phi) is 3.40. The molecule has 86 valence electrons. The normalized spacial score (nSPS) is 10.2. The van der Waals surface area contributed by atoms with Gasteiger partial charge in [0, 0.05) is 10.6 Å². The van der Waals surface area contributed by atoms with Crippen molar-refractivity contribution < 1.29 is 9.90 Å². The number of aromatic nitrogens is 1. The summed E-state index contributed by atoms with van der Waals surface area (Å²) in [7, 11) is 0. The summed E-state index contributed by atoms with van der Waals surface area (Å²) in [4.78, 5) is 14.9. The van der Waals surface area contributed by atoms with Crippen molar-refractivity contribution in [1.29, 1.82) is 0 Å². The van der Waals surface area contributed by atoms with E-state index in [-0.39, 0.29) is 6.42 Å². The molecule has 0 spiro atoms. The summed E-state index contributed by atoms with van der Waals surface area (Å²) < 4.78 is 0. The molecule has 0 unspecified atom stereocenters. The smallest absolute Gasteiger partial charge is 0.309 e. The third-order valence-electron chi connectivity index (χ3n) is 2.28. The van der Waals surface area contributed by atoms with Crippen molar-refractivity contribution in [3.8, 4) is 11.3 Å². The molecule has 0 aliphatic rings. The Balaban J connectivity index is 2.32. The number of aliphatic carboxylic acids is 1. The molecular formula is C13H10ClNO2. The molecule has 1 aromatic heterocycles. The lowest BCUT2D eigenvalue weighted by molar-refractivity contribution is -0.136. The van der Waals surface area contributed by atoms with Gasteiger partial charge in [-0.1, -0.05) is 29.8 Å². The maximum atomic E-state index is 10.6. The summed E-state index contributed by atoms with van der Waals surface area (Å²) in [6.45, 7) is 0. The number of carbonyl (C=O) groups is 1. The highest BCUT2D eigenvalue weighted by atomic mass is 35.5. The molecule has 1 heterocycles. The average molecular weight is 248 g/mol. The van der Waals surface area contributed by atoms with E-state index in [2.05, 4.69) is 4.98 Å². The van der Waals surface area contributed by atoms with Crippen LogP contribution in [0, 0.1) is 0 Å². The molecule has 0 atom stereocenters. The van der Waals surface area contributed by atoms with E-state index < -0.39 is 5.97 Å². The Morgan fingerprint density at radius 3 is 2.53 bits per heavy atom. The van der Waals surface area contributed by atoms with E-state index in [0.717, 1.165) is 11.3 Å². The molecule has 17 heavy (non-hydrogen) atoms. The van der Waals surface area contributed by atoms with Crippen molar-refractivity contribution in [1.82, 2.24) is 4.98 Å². The number of pyridine rings is 1. The second-order valence-corrected chi connectivity index (χ2v) is 4.03. The topological polar surface area (TPSA) is 50.2 Å². The van der Waals surface area contributed by atoms with Crippen LogP contribution >= 0.6 is 11.6 Å². The van der Waals surface area contributed by atoms with Gasteiger partial charge in [-0.25, -0.2) is 0 Å². The molecule has 0 saturated heterocycles. The molecule has 4 heteroatoms. The van der Waals surface area contributed by atoms with Gasteiger partial charge in [0.1, 0.15) is 0 Å². The van der Waals surface area contributed by atoms with Gasteiger partial charge in [-0.05, 0) is 24.3 Å². The zero-order valence-corrected chi connectivity index (χ0v) is 9.69. The van der Waals surface area contributed by atoms with Crippen molar-refractivity contribution in [3.63, 3.8) is 0 Å². The van der Waals surface area contributed by atoms with Crippen molar-refractivity contribution in [2.24, 2.45) is 0 Å². The summed E-state index contributed by atoms with van der Waals surface area (Å²) in [6, 6.07) is 12.6. The second kappa shape index (κ2) is 4.97. The molecule has 1 aromatic carbocycles. The molecule has 0 fully saturated rings. The van der Waals surface area contributed by atoms with E-state index in [4.69, 9.17) is 16.7 Å². The standard InChI is InChI=1S/C13H10ClNO2/c14-10-6-4-9(5-7-10)12-3-1-2-11(15-12)8-13(16)17/h1-7H,8H2,(H,16,17). The molecule has 1 N–H and O–H groups in total. The van der Waals surface area contributed by atoms with E-state index in [1.54, 1.807) is 24.3 Å². The van der Waals surface area contributed by atoms with Gasteiger partial charge in [0.05, 0.1) is 17.8 Å². The molecule has 0 aliphatic carbocycles. The summed E-state index contributed by atoms with van der Waals surface area (Å²) in [6.07, 6.45) is -0.0680. The number of nitrogens with zero attached hydrogens (tertiary/aromatic N) is 1. The van der Waals surface area contributed by atoms with E-state index in [9.17, 15) is 4.79 Å². The van der Waals surface area contributed by atoms with Gasteiger partial charge < -0.3 is 5.11 Å². The average Bonchev–Trinajstić information content (AvgIpc) is 2.29. The molecule has 2 aromatic rings. The minimum absolute atomic E-state index is 0.0680. The predicted octanol–water partition coefficient (Wildman–Crippen LogP) is 3.03. The molecule has 3 nitrogen and oxygen atoms in total. The third kappa shape index (κ3) is 3.04. The van der Waals surface area contributed by atoms with Crippen LogP contribution in [0.5, 0.6) is 0 Å². The maximum absolute atomic E-state index is 10.6. The van der Waals surface area contributed by atoms with Crippen molar-refractivity contribution >= 4 is 17.6 Å². The van der Waals surface area contributed by atoms with Gasteiger partial charge >= 0.3 is 5.97 Å². The Morgan fingerprint density at radius 2 is 1.88 bits per heavy atom. The molecule has 0 radical (unpaired) electrons. The van der Waals surface area contributed by atoms with Crippen LogP contribution in [-0.4, -0.2) is 16.1 Å². The molecule has 0 bridgehead atoms. The largest absolute Gasteiger partial charge is 0.481 e. The molecular weight excluding hydrogens is 238 g/mol. The van der Waals surface area contributed by atoms with E-state index >= 15 is 0 Å². The van der Waals surface area contributed by atoms with Crippen LogP contribution in [0.3, 0.4) is 0 Å². The first-order valence-corrected chi connectivity index (χ1v) is 5.46. The zero-order chi connectivity index (χ0) is 12.3. The number of hydrogen-bond acceptors (Lipinski definition) is 2. The molecule has 0 aliphatic heterocycles.